The highest BCUT2D eigenvalue weighted by Gasteiger charge is 2.76. The van der Waals surface area contributed by atoms with Crippen molar-refractivity contribution in [3.05, 3.63) is 29.8 Å². The number of rotatable bonds is 6. The van der Waals surface area contributed by atoms with Crippen LogP contribution in [0.1, 0.15) is 18.4 Å². The molecular formula is C21H24N2O4S. The van der Waals surface area contributed by atoms with Gasteiger partial charge < -0.3 is 10.0 Å². The Kier molecular flexibility index (Phi) is 4.02. The number of fused-ring (bicyclic) bond motifs is 8. The average Bonchev–Trinajstić information content (AvgIpc) is 3.00. The predicted molar refractivity (Wildman–Crippen MR) is 106 cm³/mol. The van der Waals surface area contributed by atoms with Gasteiger partial charge in [0, 0.05) is 5.69 Å². The van der Waals surface area contributed by atoms with Gasteiger partial charge in [-0.25, -0.2) is 4.79 Å². The van der Waals surface area contributed by atoms with E-state index >= 15 is 0 Å². The van der Waals surface area contributed by atoms with E-state index in [0.717, 1.165) is 17.0 Å². The topological polar surface area (TPSA) is 77.7 Å². The van der Waals surface area contributed by atoms with Crippen LogP contribution in [0.4, 0.5) is 5.69 Å². The molecule has 2 aliphatic carbocycles. The van der Waals surface area contributed by atoms with E-state index in [1.165, 1.54) is 17.3 Å². The summed E-state index contributed by atoms with van der Waals surface area (Å²) in [5.74, 6) is -1.28. The van der Waals surface area contributed by atoms with Crippen molar-refractivity contribution in [2.24, 2.45) is 23.7 Å². The van der Waals surface area contributed by atoms with Crippen LogP contribution in [0.5, 0.6) is 0 Å². The monoisotopic (exact) mass is 400 g/mol. The number of carboxylic acids is 1. The van der Waals surface area contributed by atoms with Gasteiger partial charge in [0.15, 0.2) is 0 Å². The van der Waals surface area contributed by atoms with Gasteiger partial charge >= 0.3 is 5.97 Å². The van der Waals surface area contributed by atoms with Crippen molar-refractivity contribution < 1.29 is 19.5 Å². The van der Waals surface area contributed by atoms with Gasteiger partial charge in [-0.05, 0) is 55.7 Å². The Hall–Kier alpha value is -2.02. The molecule has 2 saturated carbocycles. The summed E-state index contributed by atoms with van der Waals surface area (Å²) in [6, 6.07) is 8.02. The Morgan fingerprint density at radius 2 is 1.71 bits per heavy atom. The fourth-order valence-electron chi connectivity index (χ4n) is 6.10. The van der Waals surface area contributed by atoms with Crippen molar-refractivity contribution in [3.8, 4) is 0 Å². The lowest BCUT2D eigenvalue weighted by Gasteiger charge is -2.25. The number of nitrogens with zero attached hydrogens (tertiary/aromatic N) is 2. The molecule has 2 bridgehead atoms. The van der Waals surface area contributed by atoms with E-state index in [1.54, 1.807) is 0 Å². The number of likely N-dealkylation sites (tertiary alicyclic amines) is 1. The summed E-state index contributed by atoms with van der Waals surface area (Å²) in [6.45, 7) is 2.06. The van der Waals surface area contributed by atoms with Crippen molar-refractivity contribution in [2.45, 2.75) is 37.9 Å². The van der Waals surface area contributed by atoms with E-state index in [9.17, 15) is 19.5 Å². The number of aryl methyl sites for hydroxylation is 1. The zero-order valence-corrected chi connectivity index (χ0v) is 16.8. The van der Waals surface area contributed by atoms with Crippen molar-refractivity contribution >= 4 is 35.2 Å². The largest absolute Gasteiger partial charge is 0.480 e. The Balaban J connectivity index is 1.40. The molecule has 7 unspecified atom stereocenters. The highest BCUT2D eigenvalue weighted by molar-refractivity contribution is 7.98. The van der Waals surface area contributed by atoms with E-state index in [0.29, 0.717) is 24.3 Å². The summed E-state index contributed by atoms with van der Waals surface area (Å²) in [4.78, 5) is 41.6. The van der Waals surface area contributed by atoms with Gasteiger partial charge in [0.2, 0.25) is 11.8 Å². The second-order valence-corrected chi connectivity index (χ2v) is 9.51. The van der Waals surface area contributed by atoms with Crippen LogP contribution in [0.3, 0.4) is 0 Å². The minimum Gasteiger partial charge on any atom is -0.480 e. The van der Waals surface area contributed by atoms with Crippen LogP contribution in [0.15, 0.2) is 24.3 Å². The minimum atomic E-state index is -1.07. The minimum absolute atomic E-state index is 0.165. The average molecular weight is 401 g/mol. The van der Waals surface area contributed by atoms with Crippen LogP contribution in [-0.2, 0) is 14.4 Å². The molecule has 2 amide bonds. The number of aliphatic carboxylic acids is 1. The lowest BCUT2D eigenvalue weighted by Crippen LogP contribution is -2.47. The Labute approximate surface area is 168 Å². The van der Waals surface area contributed by atoms with Crippen LogP contribution in [0, 0.1) is 30.6 Å². The number of piperidine rings is 1. The van der Waals surface area contributed by atoms with E-state index < -0.39 is 12.0 Å². The lowest BCUT2D eigenvalue weighted by atomic mass is 9.81. The van der Waals surface area contributed by atoms with E-state index in [-0.39, 0.29) is 35.5 Å². The van der Waals surface area contributed by atoms with Crippen LogP contribution >= 0.6 is 11.8 Å². The quantitative estimate of drug-likeness (QED) is 0.581. The lowest BCUT2D eigenvalue weighted by molar-refractivity contribution is -0.155. The summed E-state index contributed by atoms with van der Waals surface area (Å²) < 4.78 is 0. The van der Waals surface area contributed by atoms with Crippen LogP contribution in [0.25, 0.3) is 0 Å². The highest BCUT2D eigenvalue weighted by atomic mass is 32.2. The number of carbonyl (C=O) groups is 3. The molecule has 4 aliphatic rings. The Bertz CT molecular complexity index is 822. The van der Waals surface area contributed by atoms with E-state index in [4.69, 9.17) is 0 Å². The molecule has 0 aromatic heterocycles. The summed E-state index contributed by atoms with van der Waals surface area (Å²) in [5.41, 5.74) is 2.37. The van der Waals surface area contributed by atoms with Gasteiger partial charge in [-0.3, -0.25) is 14.5 Å². The highest BCUT2D eigenvalue weighted by Crippen LogP contribution is 2.66. The first-order valence-corrected chi connectivity index (χ1v) is 11.3. The van der Waals surface area contributed by atoms with E-state index in [1.807, 2.05) is 6.26 Å². The molecule has 2 aliphatic heterocycles. The molecule has 2 heterocycles. The summed E-state index contributed by atoms with van der Waals surface area (Å²) in [6.07, 6.45) is 3.13. The molecule has 7 atom stereocenters. The zero-order valence-electron chi connectivity index (χ0n) is 15.9. The van der Waals surface area contributed by atoms with Crippen LogP contribution in [-0.4, -0.2) is 57.9 Å². The number of anilines is 1. The maximum atomic E-state index is 13.2. The Morgan fingerprint density at radius 3 is 2.21 bits per heavy atom. The van der Waals surface area contributed by atoms with Gasteiger partial charge in [-0.1, -0.05) is 17.7 Å². The fourth-order valence-corrected chi connectivity index (χ4v) is 6.55. The Morgan fingerprint density at radius 1 is 1.14 bits per heavy atom. The van der Waals surface area contributed by atoms with Crippen LogP contribution < -0.4 is 4.90 Å². The molecule has 4 fully saturated rings. The number of benzene rings is 1. The maximum Gasteiger partial charge on any atom is 0.326 e. The fraction of sp³-hybridized carbons (Fsp3) is 0.571. The molecular weight excluding hydrogens is 376 g/mol. The number of carboxylic acid groups (broad SMARTS) is 1. The predicted octanol–water partition coefficient (Wildman–Crippen LogP) is 2.01. The maximum absolute atomic E-state index is 13.2. The van der Waals surface area contributed by atoms with Crippen molar-refractivity contribution in [1.29, 1.82) is 0 Å². The van der Waals surface area contributed by atoms with Gasteiger partial charge in [-0.2, -0.15) is 11.8 Å². The molecule has 0 spiro atoms. The van der Waals surface area contributed by atoms with E-state index in [2.05, 4.69) is 36.1 Å². The van der Waals surface area contributed by atoms with Crippen molar-refractivity contribution in [3.63, 3.8) is 0 Å². The summed E-state index contributed by atoms with van der Waals surface area (Å²) in [5, 5.41) is 9.62. The second-order valence-electron chi connectivity index (χ2n) is 8.52. The smallest absolute Gasteiger partial charge is 0.326 e. The molecule has 1 N–H and O–H groups in total. The SMILES string of the molecule is CSCCC(C(=O)O)N1C(=O)C2C3CC(C2C1=O)C1C3N1c1ccc(C)cc1. The zero-order chi connectivity index (χ0) is 19.7. The normalized spacial score (nSPS) is 35.9. The molecule has 148 valence electrons. The standard InChI is InChI=1S/C21H24N2O4S/c1-10-3-5-11(6-4-10)22-17-12-9-13(18(17)22)16-15(12)19(24)23(20(16)25)14(21(26)27)7-8-28-2/h3-6,12-18H,7-9H2,1-2H3,(H,26,27). The number of amides is 2. The number of imide groups is 1. The molecule has 6 nitrogen and oxygen atoms in total. The summed E-state index contributed by atoms with van der Waals surface area (Å²) >= 11 is 1.53. The van der Waals surface area contributed by atoms with Gasteiger partial charge in [-0.15, -0.1) is 0 Å². The third-order valence-electron chi connectivity index (χ3n) is 7.20. The number of hydrogen-bond acceptors (Lipinski definition) is 5. The molecule has 1 aromatic carbocycles. The van der Waals surface area contributed by atoms with Gasteiger partial charge in [0.25, 0.3) is 0 Å². The molecule has 28 heavy (non-hydrogen) atoms. The molecule has 0 radical (unpaired) electrons. The second kappa shape index (κ2) is 6.24. The third-order valence-corrected chi connectivity index (χ3v) is 7.85. The number of thioether (sulfide) groups is 1. The number of hydrogen-bond donors (Lipinski definition) is 1. The van der Waals surface area contributed by atoms with Gasteiger partial charge in [0.1, 0.15) is 6.04 Å². The first-order chi connectivity index (χ1) is 13.5. The third kappa shape index (κ3) is 2.31. The summed E-state index contributed by atoms with van der Waals surface area (Å²) in [7, 11) is 0. The van der Waals surface area contributed by atoms with Crippen LogP contribution in [0.2, 0.25) is 0 Å². The van der Waals surface area contributed by atoms with Crippen molar-refractivity contribution in [2.75, 3.05) is 16.9 Å². The first-order valence-electron chi connectivity index (χ1n) is 9.89. The first kappa shape index (κ1) is 18.0. The molecule has 7 heteroatoms. The molecule has 5 rings (SSSR count). The van der Waals surface area contributed by atoms with Gasteiger partial charge in [0.05, 0.1) is 23.9 Å². The molecule has 2 saturated heterocycles. The number of carbonyl (C=O) groups excluding carboxylic acids is 2. The molecule has 1 aromatic rings. The van der Waals surface area contributed by atoms with Crippen molar-refractivity contribution in [1.82, 2.24) is 4.90 Å².